The van der Waals surface area contributed by atoms with Gasteiger partial charge in [-0.25, -0.2) is 0 Å². The Hall–Kier alpha value is -1.26. The lowest BCUT2D eigenvalue weighted by atomic mass is 10.3. The normalized spacial score (nSPS) is 11.3. The molecule has 0 spiro atoms. The molecule has 0 aromatic rings. The molecule has 0 unspecified atom stereocenters. The van der Waals surface area contributed by atoms with Crippen molar-refractivity contribution in [2.24, 2.45) is 21.5 Å². The minimum Gasteiger partial charge on any atom is -0.370 e. The van der Waals surface area contributed by atoms with Crippen molar-refractivity contribution in [3.8, 4) is 0 Å². The highest BCUT2D eigenvalue weighted by Crippen LogP contribution is 2.02. The lowest BCUT2D eigenvalue weighted by Crippen LogP contribution is -2.35. The maximum absolute atomic E-state index is 5.38. The summed E-state index contributed by atoms with van der Waals surface area (Å²) >= 11 is 0. The highest BCUT2D eigenvalue weighted by molar-refractivity contribution is 5.93. The zero-order valence-corrected chi connectivity index (χ0v) is 10.7. The van der Waals surface area contributed by atoms with Crippen molar-refractivity contribution in [1.82, 2.24) is 4.90 Å². The molecule has 0 aliphatic carbocycles. The van der Waals surface area contributed by atoms with Crippen LogP contribution >= 0.6 is 0 Å². The number of aliphatic imine (C=N–C) groups is 2. The van der Waals surface area contributed by atoms with Crippen LogP contribution in [-0.2, 0) is 0 Å². The van der Waals surface area contributed by atoms with E-state index in [0.29, 0.717) is 5.96 Å². The molecule has 0 aliphatic heterocycles. The Labute approximate surface area is 98.6 Å². The second kappa shape index (κ2) is 9.00. The molecule has 0 aromatic heterocycles. The van der Waals surface area contributed by atoms with E-state index in [1.54, 1.807) is 7.05 Å². The van der Waals surface area contributed by atoms with Crippen LogP contribution in [0.15, 0.2) is 9.98 Å². The number of unbranched alkanes of at least 4 members (excludes halogenated alkanes) is 2. The van der Waals surface area contributed by atoms with Crippen molar-refractivity contribution in [3.05, 3.63) is 0 Å². The molecule has 16 heavy (non-hydrogen) atoms. The van der Waals surface area contributed by atoms with Crippen molar-refractivity contribution in [3.63, 3.8) is 0 Å². The maximum Gasteiger partial charge on any atom is 0.223 e. The first-order valence-corrected chi connectivity index (χ1v) is 5.97. The Kier molecular flexibility index (Phi) is 8.29. The topological polar surface area (TPSA) is 80.0 Å². The number of rotatable bonds is 6. The van der Waals surface area contributed by atoms with E-state index in [4.69, 9.17) is 11.5 Å². The predicted octanol–water partition coefficient (Wildman–Crippen LogP) is 1.15. The summed E-state index contributed by atoms with van der Waals surface area (Å²) < 4.78 is 0. The van der Waals surface area contributed by atoms with Gasteiger partial charge in [-0.3, -0.25) is 4.99 Å². The van der Waals surface area contributed by atoms with Gasteiger partial charge in [-0.15, -0.1) is 0 Å². The zero-order valence-electron chi connectivity index (χ0n) is 10.7. The first kappa shape index (κ1) is 14.7. The monoisotopic (exact) mass is 227 g/mol. The summed E-state index contributed by atoms with van der Waals surface area (Å²) in [7, 11) is 1.71. The van der Waals surface area contributed by atoms with Crippen molar-refractivity contribution in [2.45, 2.75) is 39.5 Å². The summed E-state index contributed by atoms with van der Waals surface area (Å²) in [5.74, 6) is 0.709. The van der Waals surface area contributed by atoms with Crippen molar-refractivity contribution in [1.29, 1.82) is 0 Å². The standard InChI is InChI=1S/C11H25N5/c1-4-6-8-16(9-7-5-2)11(14-3)15-10(12)13/h4-9H2,1-3H3,(H4,12,13,14,15). The van der Waals surface area contributed by atoms with Gasteiger partial charge in [0.25, 0.3) is 0 Å². The molecule has 94 valence electrons. The van der Waals surface area contributed by atoms with Crippen molar-refractivity contribution < 1.29 is 0 Å². The van der Waals surface area contributed by atoms with Crippen molar-refractivity contribution >= 4 is 11.9 Å². The molecule has 0 heterocycles. The molecule has 4 N–H and O–H groups in total. The van der Waals surface area contributed by atoms with E-state index < -0.39 is 0 Å². The highest BCUT2D eigenvalue weighted by atomic mass is 15.3. The van der Waals surface area contributed by atoms with Gasteiger partial charge >= 0.3 is 0 Å². The van der Waals surface area contributed by atoms with E-state index in [1.165, 1.54) is 0 Å². The molecule has 0 saturated carbocycles. The second-order valence-corrected chi connectivity index (χ2v) is 3.75. The van der Waals surface area contributed by atoms with E-state index in [-0.39, 0.29) is 5.96 Å². The Morgan fingerprint density at radius 3 is 1.88 bits per heavy atom. The highest BCUT2D eigenvalue weighted by Gasteiger charge is 2.08. The quantitative estimate of drug-likeness (QED) is 0.527. The average molecular weight is 227 g/mol. The van der Waals surface area contributed by atoms with E-state index in [1.807, 2.05) is 0 Å². The van der Waals surface area contributed by atoms with Crippen LogP contribution in [0.4, 0.5) is 0 Å². The third-order valence-electron chi connectivity index (χ3n) is 2.28. The largest absolute Gasteiger partial charge is 0.370 e. The van der Waals surface area contributed by atoms with Crippen LogP contribution in [0.1, 0.15) is 39.5 Å². The molecule has 5 nitrogen and oxygen atoms in total. The minimum atomic E-state index is 0.0681. The molecule has 0 aliphatic rings. The molecule has 0 atom stereocenters. The van der Waals surface area contributed by atoms with E-state index in [0.717, 1.165) is 38.8 Å². The number of hydrogen-bond donors (Lipinski definition) is 2. The Bertz CT molecular complexity index is 223. The number of nitrogens with zero attached hydrogens (tertiary/aromatic N) is 3. The van der Waals surface area contributed by atoms with Gasteiger partial charge in [-0.05, 0) is 12.8 Å². The molecule has 0 amide bonds. The molecule has 0 radical (unpaired) electrons. The summed E-state index contributed by atoms with van der Waals surface area (Å²) in [5, 5.41) is 0. The smallest absolute Gasteiger partial charge is 0.223 e. The fourth-order valence-corrected chi connectivity index (χ4v) is 1.39. The van der Waals surface area contributed by atoms with Gasteiger partial charge in [0.15, 0.2) is 5.96 Å². The summed E-state index contributed by atoms with van der Waals surface area (Å²) in [4.78, 5) is 10.3. The Balaban J connectivity index is 4.50. The first-order chi connectivity index (χ1) is 7.65. The van der Waals surface area contributed by atoms with Crippen molar-refractivity contribution in [2.75, 3.05) is 20.1 Å². The fourth-order valence-electron chi connectivity index (χ4n) is 1.39. The lowest BCUT2D eigenvalue weighted by molar-refractivity contribution is 0.394. The average Bonchev–Trinajstić information content (AvgIpc) is 2.26. The number of hydrogen-bond acceptors (Lipinski definition) is 1. The second-order valence-electron chi connectivity index (χ2n) is 3.75. The summed E-state index contributed by atoms with van der Waals surface area (Å²) in [6.07, 6.45) is 4.56. The van der Waals surface area contributed by atoms with Crippen LogP contribution < -0.4 is 11.5 Å². The SMILES string of the molecule is CCCCN(CCCC)C(N=C(N)N)=NC. The summed E-state index contributed by atoms with van der Waals surface area (Å²) in [5.41, 5.74) is 10.8. The first-order valence-electron chi connectivity index (χ1n) is 5.97. The Morgan fingerprint density at radius 2 is 1.56 bits per heavy atom. The lowest BCUT2D eigenvalue weighted by Gasteiger charge is -2.23. The van der Waals surface area contributed by atoms with Crippen LogP contribution in [0.25, 0.3) is 0 Å². The number of nitrogens with two attached hydrogens (primary N) is 2. The van der Waals surface area contributed by atoms with E-state index in [2.05, 4.69) is 28.7 Å². The molecular formula is C11H25N5. The van der Waals surface area contributed by atoms with Crippen LogP contribution in [-0.4, -0.2) is 37.0 Å². The zero-order chi connectivity index (χ0) is 12.4. The molecule has 0 rings (SSSR count). The molecule has 0 aromatic carbocycles. The molecule has 0 fully saturated rings. The van der Waals surface area contributed by atoms with Crippen LogP contribution in [0, 0.1) is 0 Å². The summed E-state index contributed by atoms with van der Waals surface area (Å²) in [6, 6.07) is 0. The number of guanidine groups is 2. The van der Waals surface area contributed by atoms with E-state index in [9.17, 15) is 0 Å². The van der Waals surface area contributed by atoms with Gasteiger partial charge in [0, 0.05) is 20.1 Å². The van der Waals surface area contributed by atoms with Gasteiger partial charge in [0.05, 0.1) is 0 Å². The molecular weight excluding hydrogens is 202 g/mol. The Morgan fingerprint density at radius 1 is 1.06 bits per heavy atom. The van der Waals surface area contributed by atoms with Gasteiger partial charge < -0.3 is 16.4 Å². The van der Waals surface area contributed by atoms with Gasteiger partial charge in [-0.1, -0.05) is 26.7 Å². The molecule has 0 saturated heterocycles. The third kappa shape index (κ3) is 6.27. The maximum atomic E-state index is 5.38. The molecule has 5 heteroatoms. The van der Waals surface area contributed by atoms with Gasteiger partial charge in [-0.2, -0.15) is 4.99 Å². The van der Waals surface area contributed by atoms with Crippen LogP contribution in [0.5, 0.6) is 0 Å². The summed E-state index contributed by atoms with van der Waals surface area (Å²) in [6.45, 7) is 6.25. The van der Waals surface area contributed by atoms with Crippen LogP contribution in [0.3, 0.4) is 0 Å². The fraction of sp³-hybridized carbons (Fsp3) is 0.818. The predicted molar refractivity (Wildman–Crippen MR) is 70.6 cm³/mol. The van der Waals surface area contributed by atoms with Gasteiger partial charge in [0.2, 0.25) is 5.96 Å². The minimum absolute atomic E-state index is 0.0681. The third-order valence-corrected chi connectivity index (χ3v) is 2.28. The van der Waals surface area contributed by atoms with Crippen LogP contribution in [0.2, 0.25) is 0 Å². The van der Waals surface area contributed by atoms with E-state index >= 15 is 0 Å². The molecule has 0 bridgehead atoms. The van der Waals surface area contributed by atoms with Gasteiger partial charge in [0.1, 0.15) is 0 Å².